The van der Waals surface area contributed by atoms with Crippen LogP contribution in [-0.4, -0.2) is 17.9 Å². The number of nitrogens with zero attached hydrogens (tertiary/aromatic N) is 2. The van der Waals surface area contributed by atoms with Crippen molar-refractivity contribution < 1.29 is 9.16 Å². The number of aromatic nitrogens is 2. The summed E-state index contributed by atoms with van der Waals surface area (Å²) in [6, 6.07) is 5.70. The van der Waals surface area contributed by atoms with Gasteiger partial charge in [0.1, 0.15) is 12.4 Å². The van der Waals surface area contributed by atoms with Gasteiger partial charge in [-0.3, -0.25) is 4.57 Å². The maximum Gasteiger partial charge on any atom is 0.192 e. The minimum absolute atomic E-state index is 0.194. The van der Waals surface area contributed by atoms with Crippen LogP contribution in [-0.2, 0) is 17.6 Å². The smallest absolute Gasteiger partial charge is 0.192 e. The van der Waals surface area contributed by atoms with E-state index in [2.05, 4.69) is 43.4 Å². The predicted molar refractivity (Wildman–Crippen MR) is 94.3 cm³/mol. The molecule has 0 fully saturated rings. The molecule has 0 spiro atoms. The molecule has 0 saturated carbocycles. The minimum Gasteiger partial charge on any atom is -0.483 e. The predicted octanol–water partition coefficient (Wildman–Crippen LogP) is 3.87. The van der Waals surface area contributed by atoms with E-state index in [1.807, 2.05) is 24.4 Å². The van der Waals surface area contributed by atoms with Gasteiger partial charge in [0.05, 0.1) is 18.0 Å². The third kappa shape index (κ3) is 3.01. The molecule has 1 aromatic carbocycles. The zero-order valence-electron chi connectivity index (χ0n) is 14.5. The zero-order valence-corrected chi connectivity index (χ0v) is 15.5. The Morgan fingerprint density at radius 3 is 2.78 bits per heavy atom. The third-order valence-electron chi connectivity index (χ3n) is 4.82. The summed E-state index contributed by atoms with van der Waals surface area (Å²) in [6.07, 6.45) is 2.04. The molecular weight excluding hydrogens is 306 g/mol. The summed E-state index contributed by atoms with van der Waals surface area (Å²) in [5.74, 6) is 1.70. The largest absolute Gasteiger partial charge is 0.483 e. The van der Waals surface area contributed by atoms with E-state index in [4.69, 9.17) is 14.9 Å². The maximum atomic E-state index is 6.27. The lowest BCUT2D eigenvalue weighted by molar-refractivity contribution is 0.269. The molecule has 1 aromatic heterocycles. The van der Waals surface area contributed by atoms with Crippen molar-refractivity contribution in [2.75, 3.05) is 5.73 Å². The van der Waals surface area contributed by atoms with Crippen LogP contribution >= 0.6 is 0 Å². The average molecular weight is 331 g/mol. The molecular formula is C17H25N3O2Si. The fourth-order valence-corrected chi connectivity index (χ4v) is 3.25. The van der Waals surface area contributed by atoms with E-state index < -0.39 is 8.32 Å². The van der Waals surface area contributed by atoms with E-state index in [1.165, 1.54) is 0 Å². The molecule has 2 heterocycles. The van der Waals surface area contributed by atoms with E-state index in [0.717, 1.165) is 23.0 Å². The highest BCUT2D eigenvalue weighted by molar-refractivity contribution is 6.74. The molecule has 1 aliphatic heterocycles. The van der Waals surface area contributed by atoms with Gasteiger partial charge in [-0.25, -0.2) is 4.98 Å². The summed E-state index contributed by atoms with van der Waals surface area (Å²) in [7, 11) is -1.78. The SMILES string of the molecule is CC(C)(C)[Si](C)(C)OCc1cn2c(n1)COc1cc(N)ccc1-2. The van der Waals surface area contributed by atoms with Crippen molar-refractivity contribution in [2.24, 2.45) is 0 Å². The Labute approximate surface area is 138 Å². The van der Waals surface area contributed by atoms with Crippen LogP contribution in [0.4, 0.5) is 5.69 Å². The van der Waals surface area contributed by atoms with Crippen LogP contribution in [0.25, 0.3) is 5.69 Å². The molecule has 0 unspecified atom stereocenters. The molecule has 6 heteroatoms. The standard InChI is InChI=1S/C17H25N3O2Si/c1-17(2,3)23(4,5)22-10-13-9-20-14-7-6-12(18)8-15(14)21-11-16(20)19-13/h6-9H,10-11,18H2,1-5H3. The number of rotatable bonds is 3. The zero-order chi connectivity index (χ0) is 16.8. The number of imidazole rings is 1. The van der Waals surface area contributed by atoms with Crippen LogP contribution in [0.5, 0.6) is 5.75 Å². The first-order chi connectivity index (χ1) is 10.7. The second-order valence-corrected chi connectivity index (χ2v) is 12.4. The molecule has 124 valence electrons. The van der Waals surface area contributed by atoms with Gasteiger partial charge >= 0.3 is 0 Å². The Morgan fingerprint density at radius 1 is 1.35 bits per heavy atom. The lowest BCUT2D eigenvalue weighted by Gasteiger charge is -2.35. The number of benzene rings is 1. The van der Waals surface area contributed by atoms with Crippen molar-refractivity contribution in [3.8, 4) is 11.4 Å². The second-order valence-electron chi connectivity index (χ2n) is 7.58. The first-order valence-electron chi connectivity index (χ1n) is 7.91. The Morgan fingerprint density at radius 2 is 2.09 bits per heavy atom. The van der Waals surface area contributed by atoms with E-state index >= 15 is 0 Å². The first kappa shape index (κ1) is 16.1. The van der Waals surface area contributed by atoms with Crippen LogP contribution in [0.15, 0.2) is 24.4 Å². The topological polar surface area (TPSA) is 62.3 Å². The van der Waals surface area contributed by atoms with Gasteiger partial charge in [0.15, 0.2) is 14.1 Å². The molecule has 2 aromatic rings. The molecule has 0 bridgehead atoms. The summed E-state index contributed by atoms with van der Waals surface area (Å²) >= 11 is 0. The minimum atomic E-state index is -1.78. The number of nitrogen functional groups attached to an aromatic ring is 1. The quantitative estimate of drug-likeness (QED) is 0.685. The van der Waals surface area contributed by atoms with Gasteiger partial charge in [0.2, 0.25) is 0 Å². The lowest BCUT2D eigenvalue weighted by Crippen LogP contribution is -2.40. The van der Waals surface area contributed by atoms with Crippen LogP contribution < -0.4 is 10.5 Å². The number of ether oxygens (including phenoxy) is 1. The highest BCUT2D eigenvalue weighted by atomic mass is 28.4. The highest BCUT2D eigenvalue weighted by Crippen LogP contribution is 2.37. The number of hydrogen-bond acceptors (Lipinski definition) is 4. The number of anilines is 1. The van der Waals surface area contributed by atoms with E-state index in [-0.39, 0.29) is 5.04 Å². The van der Waals surface area contributed by atoms with E-state index in [9.17, 15) is 0 Å². The first-order valence-corrected chi connectivity index (χ1v) is 10.8. The fraction of sp³-hybridized carbons (Fsp3) is 0.471. The number of nitrogens with two attached hydrogens (primary N) is 1. The number of fused-ring (bicyclic) bond motifs is 3. The van der Waals surface area contributed by atoms with Crippen LogP contribution in [0, 0.1) is 0 Å². The molecule has 5 nitrogen and oxygen atoms in total. The molecule has 2 N–H and O–H groups in total. The maximum absolute atomic E-state index is 6.27. The molecule has 0 aliphatic carbocycles. The van der Waals surface area contributed by atoms with Gasteiger partial charge < -0.3 is 14.9 Å². The monoisotopic (exact) mass is 331 g/mol. The Balaban J connectivity index is 1.82. The van der Waals surface area contributed by atoms with Gasteiger partial charge in [0, 0.05) is 18.0 Å². The highest BCUT2D eigenvalue weighted by Gasteiger charge is 2.37. The average Bonchev–Trinajstić information content (AvgIpc) is 2.87. The number of hydrogen-bond donors (Lipinski definition) is 1. The van der Waals surface area contributed by atoms with Crippen molar-refractivity contribution >= 4 is 14.0 Å². The van der Waals surface area contributed by atoms with Crippen molar-refractivity contribution in [1.82, 2.24) is 9.55 Å². The molecule has 1 aliphatic rings. The normalized spacial score (nSPS) is 14.1. The van der Waals surface area contributed by atoms with Gasteiger partial charge in [-0.05, 0) is 30.3 Å². The summed E-state index contributed by atoms with van der Waals surface area (Å²) in [5, 5.41) is 0.194. The Kier molecular flexibility index (Phi) is 3.76. The second kappa shape index (κ2) is 5.38. The summed E-state index contributed by atoms with van der Waals surface area (Å²) in [5.41, 5.74) is 8.45. The van der Waals surface area contributed by atoms with Crippen molar-refractivity contribution in [2.45, 2.75) is 52.1 Å². The molecule has 0 saturated heterocycles. The molecule has 0 amide bonds. The van der Waals surface area contributed by atoms with Crippen LogP contribution in [0.3, 0.4) is 0 Å². The van der Waals surface area contributed by atoms with E-state index in [0.29, 0.717) is 18.9 Å². The van der Waals surface area contributed by atoms with Crippen LogP contribution in [0.1, 0.15) is 32.3 Å². The molecule has 3 rings (SSSR count). The lowest BCUT2D eigenvalue weighted by atomic mass is 10.2. The van der Waals surface area contributed by atoms with Crippen LogP contribution in [0.2, 0.25) is 18.1 Å². The van der Waals surface area contributed by atoms with Gasteiger partial charge in [0.25, 0.3) is 0 Å². The third-order valence-corrected chi connectivity index (χ3v) is 9.29. The molecule has 0 atom stereocenters. The van der Waals surface area contributed by atoms with Crippen molar-refractivity contribution in [3.63, 3.8) is 0 Å². The van der Waals surface area contributed by atoms with Gasteiger partial charge in [-0.2, -0.15) is 0 Å². The van der Waals surface area contributed by atoms with Gasteiger partial charge in [-0.15, -0.1) is 0 Å². The summed E-state index contributed by atoms with van der Waals surface area (Å²) in [4.78, 5) is 4.66. The van der Waals surface area contributed by atoms with Crippen molar-refractivity contribution in [1.29, 1.82) is 0 Å². The molecule has 0 radical (unpaired) electrons. The van der Waals surface area contributed by atoms with E-state index in [1.54, 1.807) is 0 Å². The summed E-state index contributed by atoms with van der Waals surface area (Å²) < 4.78 is 14.1. The fourth-order valence-electron chi connectivity index (χ4n) is 2.31. The summed E-state index contributed by atoms with van der Waals surface area (Å²) in [6.45, 7) is 12.2. The van der Waals surface area contributed by atoms with Crippen molar-refractivity contribution in [3.05, 3.63) is 35.9 Å². The molecule has 23 heavy (non-hydrogen) atoms. The Bertz CT molecular complexity index is 732. The van der Waals surface area contributed by atoms with Gasteiger partial charge in [-0.1, -0.05) is 20.8 Å². The Hall–Kier alpha value is -1.79.